The molecule has 0 unspecified atom stereocenters. The van der Waals surface area contributed by atoms with Crippen LogP contribution in [0.15, 0.2) is 77.0 Å². The SMILES string of the molecule is Cc1ccccc1C(=O)N/C(=C\c1ccco1)C(=O)NCCCc1cccc(OC(C)C)c1. The second-order valence-electron chi connectivity index (χ2n) is 8.02. The lowest BCUT2D eigenvalue weighted by Gasteiger charge is -2.12. The van der Waals surface area contributed by atoms with Crippen molar-refractivity contribution in [2.45, 2.75) is 39.7 Å². The van der Waals surface area contributed by atoms with Crippen molar-refractivity contribution in [1.82, 2.24) is 10.6 Å². The van der Waals surface area contributed by atoms with Gasteiger partial charge in [-0.3, -0.25) is 9.59 Å². The molecule has 0 radical (unpaired) electrons. The summed E-state index contributed by atoms with van der Waals surface area (Å²) in [7, 11) is 0. The number of rotatable bonds is 10. The van der Waals surface area contributed by atoms with Crippen LogP contribution in [0.1, 0.15) is 47.5 Å². The summed E-state index contributed by atoms with van der Waals surface area (Å²) in [5, 5.41) is 5.62. The van der Waals surface area contributed by atoms with Crippen molar-refractivity contribution < 1.29 is 18.7 Å². The van der Waals surface area contributed by atoms with E-state index in [1.807, 2.05) is 57.2 Å². The molecule has 6 nitrogen and oxygen atoms in total. The van der Waals surface area contributed by atoms with Gasteiger partial charge in [-0.2, -0.15) is 0 Å². The van der Waals surface area contributed by atoms with E-state index in [1.165, 1.54) is 12.3 Å². The van der Waals surface area contributed by atoms with Crippen molar-refractivity contribution in [2.75, 3.05) is 6.54 Å². The number of ether oxygens (including phenoxy) is 1. The molecule has 0 spiro atoms. The fourth-order valence-corrected chi connectivity index (χ4v) is 3.33. The summed E-state index contributed by atoms with van der Waals surface area (Å²) in [5.74, 6) is 0.606. The van der Waals surface area contributed by atoms with Gasteiger partial charge in [0.05, 0.1) is 12.4 Å². The van der Waals surface area contributed by atoms with Crippen molar-refractivity contribution in [2.24, 2.45) is 0 Å². The van der Waals surface area contributed by atoms with Crippen molar-refractivity contribution >= 4 is 17.9 Å². The molecule has 3 aromatic rings. The summed E-state index contributed by atoms with van der Waals surface area (Å²) in [6.07, 6.45) is 4.70. The number of hydrogen-bond acceptors (Lipinski definition) is 4. The zero-order valence-electron chi connectivity index (χ0n) is 19.3. The average molecular weight is 447 g/mol. The lowest BCUT2D eigenvalue weighted by molar-refractivity contribution is -0.117. The van der Waals surface area contributed by atoms with Crippen LogP contribution in [0, 0.1) is 6.92 Å². The Hall–Kier alpha value is -3.80. The van der Waals surface area contributed by atoms with E-state index in [9.17, 15) is 9.59 Å². The number of amides is 2. The van der Waals surface area contributed by atoms with Crippen molar-refractivity contribution in [3.8, 4) is 5.75 Å². The largest absolute Gasteiger partial charge is 0.491 e. The molecule has 0 fully saturated rings. The summed E-state index contributed by atoms with van der Waals surface area (Å²) >= 11 is 0. The Labute approximate surface area is 194 Å². The summed E-state index contributed by atoms with van der Waals surface area (Å²) in [4.78, 5) is 25.6. The first-order valence-electron chi connectivity index (χ1n) is 11.1. The van der Waals surface area contributed by atoms with Crippen molar-refractivity contribution in [3.63, 3.8) is 0 Å². The Morgan fingerprint density at radius 2 is 1.88 bits per heavy atom. The minimum absolute atomic E-state index is 0.119. The summed E-state index contributed by atoms with van der Waals surface area (Å²) in [6, 6.07) is 18.6. The van der Waals surface area contributed by atoms with E-state index < -0.39 is 0 Å². The van der Waals surface area contributed by atoms with Crippen molar-refractivity contribution in [3.05, 3.63) is 95.1 Å². The van der Waals surface area contributed by atoms with Gasteiger partial charge in [0.25, 0.3) is 11.8 Å². The van der Waals surface area contributed by atoms with E-state index in [1.54, 1.807) is 24.3 Å². The predicted octanol–water partition coefficient (Wildman–Crippen LogP) is 4.90. The fraction of sp³-hybridized carbons (Fsp3) is 0.259. The first kappa shape index (κ1) is 23.9. The molecule has 1 heterocycles. The maximum absolute atomic E-state index is 12.9. The Morgan fingerprint density at radius 3 is 2.61 bits per heavy atom. The number of furan rings is 1. The van der Waals surface area contributed by atoms with Gasteiger partial charge in [0.15, 0.2) is 0 Å². The molecular formula is C27H30N2O4. The van der Waals surface area contributed by atoms with Gasteiger partial charge >= 0.3 is 0 Å². The molecule has 0 aliphatic carbocycles. The Balaban J connectivity index is 1.60. The van der Waals surface area contributed by atoms with Crippen LogP contribution in [0.5, 0.6) is 5.75 Å². The molecule has 0 bridgehead atoms. The molecule has 0 saturated heterocycles. The number of hydrogen-bond donors (Lipinski definition) is 2. The quantitative estimate of drug-likeness (QED) is 0.343. The smallest absolute Gasteiger partial charge is 0.267 e. The van der Waals surface area contributed by atoms with E-state index >= 15 is 0 Å². The summed E-state index contributed by atoms with van der Waals surface area (Å²) in [5.41, 5.74) is 2.61. The van der Waals surface area contributed by atoms with Crippen LogP contribution in [-0.2, 0) is 11.2 Å². The molecule has 2 aromatic carbocycles. The zero-order chi connectivity index (χ0) is 23.6. The van der Waals surface area contributed by atoms with Gasteiger partial charge in [-0.05, 0) is 75.1 Å². The molecule has 33 heavy (non-hydrogen) atoms. The maximum Gasteiger partial charge on any atom is 0.267 e. The monoisotopic (exact) mass is 446 g/mol. The van der Waals surface area contributed by atoms with Gasteiger partial charge < -0.3 is 19.8 Å². The van der Waals surface area contributed by atoms with Crippen molar-refractivity contribution in [1.29, 1.82) is 0 Å². The summed E-state index contributed by atoms with van der Waals surface area (Å²) in [6.45, 7) is 6.30. The van der Waals surface area contributed by atoms with Gasteiger partial charge in [0.1, 0.15) is 17.2 Å². The van der Waals surface area contributed by atoms with Gasteiger partial charge in [0, 0.05) is 18.2 Å². The van der Waals surface area contributed by atoms with Crippen LogP contribution >= 0.6 is 0 Å². The fourth-order valence-electron chi connectivity index (χ4n) is 3.33. The molecule has 0 saturated carbocycles. The zero-order valence-corrected chi connectivity index (χ0v) is 19.3. The minimum atomic E-state index is -0.370. The second kappa shape index (κ2) is 11.7. The van der Waals surface area contributed by atoms with Crippen LogP contribution < -0.4 is 15.4 Å². The lowest BCUT2D eigenvalue weighted by Crippen LogP contribution is -2.35. The molecule has 0 aliphatic heterocycles. The molecule has 2 N–H and O–H groups in total. The Kier molecular flexibility index (Phi) is 8.47. The van der Waals surface area contributed by atoms with Crippen LogP contribution in [-0.4, -0.2) is 24.5 Å². The van der Waals surface area contributed by atoms with E-state index in [-0.39, 0.29) is 23.6 Å². The van der Waals surface area contributed by atoms with Crippen LogP contribution in [0.4, 0.5) is 0 Å². The first-order valence-corrected chi connectivity index (χ1v) is 11.1. The summed E-state index contributed by atoms with van der Waals surface area (Å²) < 4.78 is 11.1. The minimum Gasteiger partial charge on any atom is -0.491 e. The third kappa shape index (κ3) is 7.38. The van der Waals surface area contributed by atoms with Gasteiger partial charge in [-0.15, -0.1) is 0 Å². The maximum atomic E-state index is 12.9. The molecule has 3 rings (SSSR count). The average Bonchev–Trinajstić information content (AvgIpc) is 3.29. The van der Waals surface area contributed by atoms with Crippen LogP contribution in [0.25, 0.3) is 6.08 Å². The van der Waals surface area contributed by atoms with E-state index in [0.29, 0.717) is 17.9 Å². The number of nitrogens with one attached hydrogen (secondary N) is 2. The lowest BCUT2D eigenvalue weighted by atomic mass is 10.1. The highest BCUT2D eigenvalue weighted by molar-refractivity contribution is 6.05. The molecule has 2 amide bonds. The van der Waals surface area contributed by atoms with Gasteiger partial charge in [0.2, 0.25) is 0 Å². The number of aryl methyl sites for hydroxylation is 2. The number of benzene rings is 2. The van der Waals surface area contributed by atoms with E-state index in [2.05, 4.69) is 10.6 Å². The van der Waals surface area contributed by atoms with Crippen LogP contribution in [0.3, 0.4) is 0 Å². The van der Waals surface area contributed by atoms with E-state index in [0.717, 1.165) is 29.7 Å². The standard InChI is InChI=1S/C27H30N2O4/c1-19(2)33-23-12-6-10-21(17-23)11-7-15-28-27(31)25(18-22-13-8-16-32-22)29-26(30)24-14-5-4-9-20(24)3/h4-6,8-10,12-14,16-19H,7,11,15H2,1-3H3,(H,28,31)(H,29,30)/b25-18-. The molecule has 0 atom stereocenters. The molecule has 172 valence electrons. The van der Waals surface area contributed by atoms with Gasteiger partial charge in [-0.1, -0.05) is 30.3 Å². The highest BCUT2D eigenvalue weighted by Gasteiger charge is 2.16. The molecule has 6 heteroatoms. The third-order valence-electron chi connectivity index (χ3n) is 4.91. The van der Waals surface area contributed by atoms with Crippen LogP contribution in [0.2, 0.25) is 0 Å². The highest BCUT2D eigenvalue weighted by atomic mass is 16.5. The normalized spacial score (nSPS) is 11.3. The Bertz CT molecular complexity index is 1100. The number of carbonyl (C=O) groups excluding carboxylic acids is 2. The topological polar surface area (TPSA) is 80.6 Å². The predicted molar refractivity (Wildman–Crippen MR) is 129 cm³/mol. The van der Waals surface area contributed by atoms with E-state index in [4.69, 9.17) is 9.15 Å². The molecule has 1 aromatic heterocycles. The third-order valence-corrected chi connectivity index (χ3v) is 4.91. The first-order chi connectivity index (χ1) is 15.9. The molecular weight excluding hydrogens is 416 g/mol. The highest BCUT2D eigenvalue weighted by Crippen LogP contribution is 2.16. The molecule has 0 aliphatic rings. The second-order valence-corrected chi connectivity index (χ2v) is 8.02. The Morgan fingerprint density at radius 1 is 1.06 bits per heavy atom. The number of carbonyl (C=O) groups is 2. The van der Waals surface area contributed by atoms with Gasteiger partial charge in [-0.25, -0.2) is 0 Å².